The third kappa shape index (κ3) is 4.40. The summed E-state index contributed by atoms with van der Waals surface area (Å²) in [5, 5.41) is 2.91. The SMILES string of the molecule is CC(C)CC(C)NC(=O)c1ccc(NN)cn1. The lowest BCUT2D eigenvalue weighted by atomic mass is 10.1. The van der Waals surface area contributed by atoms with Crippen molar-refractivity contribution in [1.82, 2.24) is 10.3 Å². The fraction of sp³-hybridized carbons (Fsp3) is 0.500. The van der Waals surface area contributed by atoms with Gasteiger partial charge in [0.1, 0.15) is 5.69 Å². The van der Waals surface area contributed by atoms with Gasteiger partial charge in [0.2, 0.25) is 0 Å². The molecule has 0 aliphatic carbocycles. The molecule has 1 rings (SSSR count). The standard InChI is InChI=1S/C12H20N4O/c1-8(2)6-9(3)15-12(17)11-5-4-10(16-13)7-14-11/h4-5,7-9,16H,6,13H2,1-3H3,(H,15,17). The van der Waals surface area contributed by atoms with Crippen LogP contribution in [0.1, 0.15) is 37.7 Å². The number of nitrogens with one attached hydrogen (secondary N) is 2. The van der Waals surface area contributed by atoms with E-state index in [1.807, 2.05) is 6.92 Å². The number of hydrogen-bond acceptors (Lipinski definition) is 4. The predicted molar refractivity (Wildman–Crippen MR) is 68.4 cm³/mol. The van der Waals surface area contributed by atoms with Crippen LogP contribution in [-0.4, -0.2) is 16.9 Å². The highest BCUT2D eigenvalue weighted by Crippen LogP contribution is 2.07. The van der Waals surface area contributed by atoms with Gasteiger partial charge in [0.25, 0.3) is 5.91 Å². The summed E-state index contributed by atoms with van der Waals surface area (Å²) in [6, 6.07) is 3.51. The monoisotopic (exact) mass is 236 g/mol. The molecule has 1 amide bonds. The Bertz CT molecular complexity index is 361. The molecule has 0 saturated heterocycles. The Hall–Kier alpha value is -1.62. The Morgan fingerprint density at radius 2 is 2.12 bits per heavy atom. The Kier molecular flexibility index (Phi) is 4.90. The summed E-state index contributed by atoms with van der Waals surface area (Å²) < 4.78 is 0. The topological polar surface area (TPSA) is 80.0 Å². The van der Waals surface area contributed by atoms with E-state index in [9.17, 15) is 4.79 Å². The number of rotatable bonds is 5. The Labute approximate surface area is 102 Å². The highest BCUT2D eigenvalue weighted by molar-refractivity contribution is 5.92. The zero-order valence-electron chi connectivity index (χ0n) is 10.5. The second kappa shape index (κ2) is 6.20. The molecule has 0 aliphatic rings. The van der Waals surface area contributed by atoms with Gasteiger partial charge in [0.05, 0.1) is 11.9 Å². The summed E-state index contributed by atoms with van der Waals surface area (Å²) in [4.78, 5) is 15.8. The van der Waals surface area contributed by atoms with Crippen molar-refractivity contribution in [1.29, 1.82) is 0 Å². The van der Waals surface area contributed by atoms with Gasteiger partial charge in [-0.05, 0) is 31.4 Å². The van der Waals surface area contributed by atoms with Gasteiger partial charge in [-0.1, -0.05) is 13.8 Å². The number of carbonyl (C=O) groups is 1. The van der Waals surface area contributed by atoms with Crippen molar-refractivity contribution in [3.63, 3.8) is 0 Å². The van der Waals surface area contributed by atoms with E-state index in [1.165, 1.54) is 6.20 Å². The minimum atomic E-state index is -0.151. The number of anilines is 1. The fourth-order valence-electron chi connectivity index (χ4n) is 1.68. The Balaban J connectivity index is 2.57. The summed E-state index contributed by atoms with van der Waals surface area (Å²) in [6.07, 6.45) is 2.48. The average Bonchev–Trinajstić information content (AvgIpc) is 2.28. The van der Waals surface area contributed by atoms with Crippen LogP contribution in [0, 0.1) is 5.92 Å². The minimum Gasteiger partial charge on any atom is -0.348 e. The maximum atomic E-state index is 11.8. The molecule has 1 unspecified atom stereocenters. The predicted octanol–water partition coefficient (Wildman–Crippen LogP) is 1.53. The second-order valence-corrected chi connectivity index (χ2v) is 4.58. The van der Waals surface area contributed by atoms with Crippen LogP contribution in [0.3, 0.4) is 0 Å². The third-order valence-electron chi connectivity index (χ3n) is 2.37. The maximum Gasteiger partial charge on any atom is 0.270 e. The normalized spacial score (nSPS) is 12.3. The van der Waals surface area contributed by atoms with E-state index in [1.54, 1.807) is 12.1 Å². The summed E-state index contributed by atoms with van der Waals surface area (Å²) >= 11 is 0. The third-order valence-corrected chi connectivity index (χ3v) is 2.37. The average molecular weight is 236 g/mol. The molecule has 0 spiro atoms. The van der Waals surface area contributed by atoms with Crippen LogP contribution in [-0.2, 0) is 0 Å². The highest BCUT2D eigenvalue weighted by Gasteiger charge is 2.11. The van der Waals surface area contributed by atoms with Gasteiger partial charge in [0.15, 0.2) is 0 Å². The molecule has 0 radical (unpaired) electrons. The first kappa shape index (κ1) is 13.4. The molecule has 4 N–H and O–H groups in total. The van der Waals surface area contributed by atoms with Crippen LogP contribution in [0.2, 0.25) is 0 Å². The largest absolute Gasteiger partial charge is 0.348 e. The molecule has 94 valence electrons. The first-order valence-corrected chi connectivity index (χ1v) is 5.76. The van der Waals surface area contributed by atoms with E-state index in [2.05, 4.69) is 29.6 Å². The van der Waals surface area contributed by atoms with Crippen LogP contribution in [0.25, 0.3) is 0 Å². The van der Waals surface area contributed by atoms with Gasteiger partial charge in [-0.3, -0.25) is 10.6 Å². The van der Waals surface area contributed by atoms with Crippen molar-refractivity contribution in [3.05, 3.63) is 24.0 Å². The zero-order valence-corrected chi connectivity index (χ0v) is 10.5. The first-order chi connectivity index (χ1) is 8.02. The van der Waals surface area contributed by atoms with Crippen LogP contribution in [0.4, 0.5) is 5.69 Å². The molecule has 0 fully saturated rings. The summed E-state index contributed by atoms with van der Waals surface area (Å²) in [5.74, 6) is 5.63. The van der Waals surface area contributed by atoms with Crippen LogP contribution >= 0.6 is 0 Å². The molecule has 0 bridgehead atoms. The molecular weight excluding hydrogens is 216 g/mol. The van der Waals surface area contributed by atoms with Crippen molar-refractivity contribution in [2.24, 2.45) is 11.8 Å². The van der Waals surface area contributed by atoms with Gasteiger partial charge in [-0.15, -0.1) is 0 Å². The van der Waals surface area contributed by atoms with E-state index in [4.69, 9.17) is 5.84 Å². The smallest absolute Gasteiger partial charge is 0.270 e. The van der Waals surface area contributed by atoms with E-state index >= 15 is 0 Å². The molecule has 1 aromatic heterocycles. The quantitative estimate of drug-likeness (QED) is 0.535. The number of nitrogen functional groups attached to an aromatic ring is 1. The molecule has 0 aromatic carbocycles. The number of carbonyl (C=O) groups excluding carboxylic acids is 1. The lowest BCUT2D eigenvalue weighted by Crippen LogP contribution is -2.34. The van der Waals surface area contributed by atoms with Crippen LogP contribution in [0.5, 0.6) is 0 Å². The van der Waals surface area contributed by atoms with Crippen LogP contribution < -0.4 is 16.6 Å². The van der Waals surface area contributed by atoms with Gasteiger partial charge < -0.3 is 10.7 Å². The highest BCUT2D eigenvalue weighted by atomic mass is 16.1. The number of nitrogens with two attached hydrogens (primary N) is 1. The molecule has 0 aliphatic heterocycles. The van der Waals surface area contributed by atoms with E-state index in [0.29, 0.717) is 17.3 Å². The Morgan fingerprint density at radius 3 is 2.59 bits per heavy atom. The van der Waals surface area contributed by atoms with Crippen molar-refractivity contribution >= 4 is 11.6 Å². The molecule has 1 aromatic rings. The summed E-state index contributed by atoms with van der Waals surface area (Å²) in [7, 11) is 0. The number of hydrogen-bond donors (Lipinski definition) is 3. The first-order valence-electron chi connectivity index (χ1n) is 5.76. The second-order valence-electron chi connectivity index (χ2n) is 4.58. The number of amides is 1. The van der Waals surface area contributed by atoms with E-state index < -0.39 is 0 Å². The molecule has 0 saturated carbocycles. The van der Waals surface area contributed by atoms with E-state index in [-0.39, 0.29) is 11.9 Å². The minimum absolute atomic E-state index is 0.150. The van der Waals surface area contributed by atoms with Gasteiger partial charge >= 0.3 is 0 Å². The van der Waals surface area contributed by atoms with Crippen molar-refractivity contribution in [2.75, 3.05) is 5.43 Å². The number of nitrogens with zero attached hydrogens (tertiary/aromatic N) is 1. The molecule has 5 heteroatoms. The van der Waals surface area contributed by atoms with Crippen molar-refractivity contribution in [2.45, 2.75) is 33.2 Å². The maximum absolute atomic E-state index is 11.8. The van der Waals surface area contributed by atoms with Crippen molar-refractivity contribution in [3.8, 4) is 0 Å². The fourth-order valence-corrected chi connectivity index (χ4v) is 1.68. The molecule has 17 heavy (non-hydrogen) atoms. The number of hydrazine groups is 1. The number of pyridine rings is 1. The lowest BCUT2D eigenvalue weighted by molar-refractivity contribution is 0.0931. The van der Waals surface area contributed by atoms with Gasteiger partial charge in [-0.2, -0.15) is 0 Å². The molecule has 1 heterocycles. The number of aromatic nitrogens is 1. The molecular formula is C12H20N4O. The van der Waals surface area contributed by atoms with Gasteiger partial charge in [0, 0.05) is 6.04 Å². The van der Waals surface area contributed by atoms with Crippen LogP contribution in [0.15, 0.2) is 18.3 Å². The summed E-state index contributed by atoms with van der Waals surface area (Å²) in [6.45, 7) is 6.25. The lowest BCUT2D eigenvalue weighted by Gasteiger charge is -2.15. The molecule has 5 nitrogen and oxygen atoms in total. The van der Waals surface area contributed by atoms with Crippen molar-refractivity contribution < 1.29 is 4.79 Å². The van der Waals surface area contributed by atoms with Gasteiger partial charge in [-0.25, -0.2) is 4.98 Å². The summed E-state index contributed by atoms with van der Waals surface area (Å²) in [5.41, 5.74) is 3.55. The molecule has 1 atom stereocenters. The zero-order chi connectivity index (χ0) is 12.8. The van der Waals surface area contributed by atoms with E-state index in [0.717, 1.165) is 6.42 Å². The Morgan fingerprint density at radius 1 is 1.41 bits per heavy atom.